The minimum absolute atomic E-state index is 0.00309. The van der Waals surface area contributed by atoms with Gasteiger partial charge in [0.15, 0.2) is 0 Å². The van der Waals surface area contributed by atoms with Gasteiger partial charge in [-0.25, -0.2) is 4.98 Å². The van der Waals surface area contributed by atoms with Gasteiger partial charge in [-0.1, -0.05) is 6.92 Å². The average Bonchev–Trinajstić information content (AvgIpc) is 3.16. The van der Waals surface area contributed by atoms with Gasteiger partial charge in [0.05, 0.1) is 12.2 Å². The molecule has 6 heteroatoms. The molecule has 21 heavy (non-hydrogen) atoms. The summed E-state index contributed by atoms with van der Waals surface area (Å²) in [5, 5.41) is 0. The zero-order chi connectivity index (χ0) is 14.8. The van der Waals surface area contributed by atoms with Gasteiger partial charge < -0.3 is 9.64 Å². The largest absolute Gasteiger partial charge is 0.470 e. The third kappa shape index (κ3) is 3.31. The van der Waals surface area contributed by atoms with Crippen LogP contribution < -0.4 is 4.74 Å². The number of carbonyl (C=O) groups is 1. The van der Waals surface area contributed by atoms with E-state index in [1.807, 2.05) is 11.8 Å². The maximum atomic E-state index is 14.0. The van der Waals surface area contributed by atoms with E-state index in [-0.39, 0.29) is 17.9 Å². The second-order valence-electron chi connectivity index (χ2n) is 5.81. The Bertz CT molecular complexity index is 534. The Balaban J connectivity index is 1.58. The number of aromatic nitrogens is 2. The van der Waals surface area contributed by atoms with Crippen LogP contribution in [0.1, 0.15) is 38.3 Å². The van der Waals surface area contributed by atoms with Gasteiger partial charge in [0.25, 0.3) is 5.88 Å². The second kappa shape index (κ2) is 5.95. The molecule has 3 rings (SSSR count). The molecule has 0 radical (unpaired) electrons. The summed E-state index contributed by atoms with van der Waals surface area (Å²) in [5.41, 5.74) is 0.361. The minimum Gasteiger partial charge on any atom is -0.470 e. The van der Waals surface area contributed by atoms with Crippen LogP contribution in [0, 0.1) is 11.7 Å². The molecule has 0 N–H and O–H groups in total. The van der Waals surface area contributed by atoms with Crippen molar-refractivity contribution in [2.45, 2.75) is 45.1 Å². The summed E-state index contributed by atoms with van der Waals surface area (Å²) in [7, 11) is 0. The fourth-order valence-electron chi connectivity index (χ4n) is 2.62. The number of ether oxygens (including phenoxy) is 1. The van der Waals surface area contributed by atoms with Crippen molar-refractivity contribution in [2.24, 2.45) is 5.92 Å². The molecule has 114 valence electrons. The predicted molar refractivity (Wildman–Crippen MR) is 74.3 cm³/mol. The molecule has 2 aliphatic rings. The molecule has 1 aromatic rings. The molecule has 0 unspecified atom stereocenters. The zero-order valence-electron chi connectivity index (χ0n) is 12.2. The summed E-state index contributed by atoms with van der Waals surface area (Å²) in [5.74, 6) is 0.302. The van der Waals surface area contributed by atoms with Crippen LogP contribution in [-0.2, 0) is 11.2 Å². The molecular weight excluding hydrogens is 273 g/mol. The smallest absolute Gasteiger partial charge is 0.254 e. The lowest BCUT2D eigenvalue weighted by atomic mass is 10.2. The first-order chi connectivity index (χ1) is 10.2. The van der Waals surface area contributed by atoms with E-state index >= 15 is 0 Å². The molecule has 2 fully saturated rings. The third-order valence-electron chi connectivity index (χ3n) is 4.10. The molecule has 1 saturated heterocycles. The molecule has 1 amide bonds. The highest BCUT2D eigenvalue weighted by molar-refractivity contribution is 5.77. The number of rotatable bonds is 5. The van der Waals surface area contributed by atoms with Gasteiger partial charge in [0.1, 0.15) is 12.4 Å². The van der Waals surface area contributed by atoms with Crippen molar-refractivity contribution in [3.63, 3.8) is 0 Å². The molecule has 1 aliphatic carbocycles. The summed E-state index contributed by atoms with van der Waals surface area (Å²) >= 11 is 0. The Morgan fingerprint density at radius 3 is 2.95 bits per heavy atom. The van der Waals surface area contributed by atoms with Gasteiger partial charge in [0, 0.05) is 19.4 Å². The number of amides is 1. The summed E-state index contributed by atoms with van der Waals surface area (Å²) in [6, 6.07) is 0. The summed E-state index contributed by atoms with van der Waals surface area (Å²) < 4.78 is 19.7. The lowest BCUT2D eigenvalue weighted by Crippen LogP contribution is -2.31. The van der Waals surface area contributed by atoms with Crippen molar-refractivity contribution in [2.75, 3.05) is 13.1 Å². The van der Waals surface area contributed by atoms with Crippen LogP contribution >= 0.6 is 0 Å². The maximum absolute atomic E-state index is 14.0. The molecule has 5 nitrogen and oxygen atoms in total. The molecular formula is C15H20FN3O2. The van der Waals surface area contributed by atoms with Gasteiger partial charge in [0.2, 0.25) is 11.7 Å². The number of likely N-dealkylation sites (tertiary alicyclic amines) is 1. The molecule has 1 atom stereocenters. The Labute approximate surface area is 123 Å². The van der Waals surface area contributed by atoms with Crippen molar-refractivity contribution >= 4 is 5.91 Å². The summed E-state index contributed by atoms with van der Waals surface area (Å²) in [4.78, 5) is 21.6. The average molecular weight is 293 g/mol. The first kappa shape index (κ1) is 14.2. The first-order valence-electron chi connectivity index (χ1n) is 7.61. The van der Waals surface area contributed by atoms with Crippen LogP contribution in [-0.4, -0.2) is 40.0 Å². The van der Waals surface area contributed by atoms with Crippen LogP contribution in [0.15, 0.2) is 6.33 Å². The van der Waals surface area contributed by atoms with Crippen LogP contribution in [0.5, 0.6) is 5.88 Å². The van der Waals surface area contributed by atoms with E-state index in [9.17, 15) is 9.18 Å². The molecule has 0 aromatic carbocycles. The fraction of sp³-hybridized carbons (Fsp3) is 0.667. The van der Waals surface area contributed by atoms with Gasteiger partial charge in [-0.05, 0) is 25.2 Å². The van der Waals surface area contributed by atoms with Crippen molar-refractivity contribution in [1.29, 1.82) is 0 Å². The highest BCUT2D eigenvalue weighted by Gasteiger charge is 2.32. The number of hydrogen-bond acceptors (Lipinski definition) is 4. The third-order valence-corrected chi connectivity index (χ3v) is 4.10. The molecule has 1 aliphatic heterocycles. The van der Waals surface area contributed by atoms with Crippen LogP contribution in [0.2, 0.25) is 0 Å². The Morgan fingerprint density at radius 2 is 2.24 bits per heavy atom. The monoisotopic (exact) mass is 293 g/mol. The van der Waals surface area contributed by atoms with Gasteiger partial charge in [-0.2, -0.15) is 9.37 Å². The van der Waals surface area contributed by atoms with E-state index in [1.54, 1.807) is 0 Å². The van der Waals surface area contributed by atoms with Crippen molar-refractivity contribution in [3.8, 4) is 5.88 Å². The number of nitrogens with zero attached hydrogens (tertiary/aromatic N) is 3. The lowest BCUT2D eigenvalue weighted by Gasteiger charge is -2.17. The Morgan fingerprint density at radius 1 is 1.43 bits per heavy atom. The van der Waals surface area contributed by atoms with Crippen molar-refractivity contribution in [1.82, 2.24) is 14.9 Å². The van der Waals surface area contributed by atoms with Gasteiger partial charge >= 0.3 is 0 Å². The lowest BCUT2D eigenvalue weighted by molar-refractivity contribution is -0.130. The maximum Gasteiger partial charge on any atom is 0.254 e. The van der Waals surface area contributed by atoms with E-state index < -0.39 is 5.82 Å². The Kier molecular flexibility index (Phi) is 4.03. The number of carbonyl (C=O) groups excluding carboxylic acids is 1. The summed E-state index contributed by atoms with van der Waals surface area (Å²) in [6.45, 7) is 3.04. The van der Waals surface area contributed by atoms with Gasteiger partial charge in [-0.3, -0.25) is 4.79 Å². The first-order valence-corrected chi connectivity index (χ1v) is 7.61. The second-order valence-corrected chi connectivity index (χ2v) is 5.81. The fourth-order valence-corrected chi connectivity index (χ4v) is 2.62. The molecule has 0 spiro atoms. The highest BCUT2D eigenvalue weighted by Crippen LogP contribution is 2.33. The SMILES string of the molecule is CCc1ncnc(O[C@H]2CCN(C(=O)CC3CC3)C2)c1F. The number of aryl methyl sites for hydroxylation is 1. The van der Waals surface area contributed by atoms with E-state index in [4.69, 9.17) is 4.74 Å². The Hall–Kier alpha value is -1.72. The van der Waals surface area contributed by atoms with Crippen LogP contribution in [0.4, 0.5) is 4.39 Å². The van der Waals surface area contributed by atoms with E-state index in [1.165, 1.54) is 19.2 Å². The highest BCUT2D eigenvalue weighted by atomic mass is 19.1. The van der Waals surface area contributed by atoms with Crippen molar-refractivity contribution in [3.05, 3.63) is 17.8 Å². The minimum atomic E-state index is -0.484. The molecule has 1 saturated carbocycles. The van der Waals surface area contributed by atoms with Crippen LogP contribution in [0.3, 0.4) is 0 Å². The summed E-state index contributed by atoms with van der Waals surface area (Å²) in [6.07, 6.45) is 5.36. The van der Waals surface area contributed by atoms with Gasteiger partial charge in [-0.15, -0.1) is 0 Å². The van der Waals surface area contributed by atoms with Crippen molar-refractivity contribution < 1.29 is 13.9 Å². The van der Waals surface area contributed by atoms with E-state index in [2.05, 4.69) is 9.97 Å². The predicted octanol–water partition coefficient (Wildman–Crippen LogP) is 1.96. The number of halogens is 1. The molecule has 2 heterocycles. The number of hydrogen-bond donors (Lipinski definition) is 0. The standard InChI is InChI=1S/C15H20FN3O2/c1-2-12-14(16)15(18-9-17-12)21-11-5-6-19(8-11)13(20)7-10-3-4-10/h9-11H,2-8H2,1H3/t11-/m0/s1. The molecule has 1 aromatic heterocycles. The normalized spacial score (nSPS) is 21.6. The quantitative estimate of drug-likeness (QED) is 0.832. The zero-order valence-corrected chi connectivity index (χ0v) is 12.2. The topological polar surface area (TPSA) is 55.3 Å². The van der Waals surface area contributed by atoms with E-state index in [0.717, 1.165) is 6.42 Å². The molecule has 0 bridgehead atoms. The van der Waals surface area contributed by atoms with Crippen LogP contribution in [0.25, 0.3) is 0 Å². The van der Waals surface area contributed by atoms with E-state index in [0.29, 0.717) is 37.5 Å².